The first-order valence-corrected chi connectivity index (χ1v) is 15.1. The van der Waals surface area contributed by atoms with E-state index in [4.69, 9.17) is 29.7 Å². The number of nitrogen functional groups attached to an aromatic ring is 1. The summed E-state index contributed by atoms with van der Waals surface area (Å²) in [5.74, 6) is -0.0218. The average Bonchev–Trinajstić information content (AvgIpc) is 3.17. The number of hydrogen-bond donors (Lipinski definition) is 6. The molecule has 2 rings (SSSR count). The number of likely N-dealkylation sites (N-methyl/N-ethyl adjacent to an activating group) is 1. The summed E-state index contributed by atoms with van der Waals surface area (Å²) in [6, 6.07) is 0. The van der Waals surface area contributed by atoms with Gasteiger partial charge in [0.15, 0.2) is 0 Å². The van der Waals surface area contributed by atoms with Crippen molar-refractivity contribution in [3.8, 4) is 0 Å². The van der Waals surface area contributed by atoms with Crippen molar-refractivity contribution in [3.05, 3.63) is 41.0 Å². The minimum absolute atomic E-state index is 0.00699. The van der Waals surface area contributed by atoms with Crippen LogP contribution in [0.5, 0.6) is 0 Å². The first-order valence-electron chi connectivity index (χ1n) is 10.6. The number of rotatable bonds is 16. The molecular formula is C17H29N4O14P3. The van der Waals surface area contributed by atoms with Crippen molar-refractivity contribution in [2.75, 3.05) is 39.3 Å². The molecule has 0 radical (unpaired) electrons. The van der Waals surface area contributed by atoms with Gasteiger partial charge in [0, 0.05) is 24.7 Å². The van der Waals surface area contributed by atoms with Crippen molar-refractivity contribution in [3.63, 3.8) is 0 Å². The molecule has 1 aliphatic heterocycles. The van der Waals surface area contributed by atoms with E-state index in [0.717, 1.165) is 4.57 Å². The van der Waals surface area contributed by atoms with Crippen molar-refractivity contribution in [2.24, 2.45) is 0 Å². The fourth-order valence-corrected chi connectivity index (χ4v) is 6.10. The molecule has 0 aliphatic carbocycles. The van der Waals surface area contributed by atoms with E-state index in [9.17, 15) is 28.3 Å². The summed E-state index contributed by atoms with van der Waals surface area (Å²) in [6.07, 6.45) is 3.18. The van der Waals surface area contributed by atoms with Gasteiger partial charge in [0.25, 0.3) is 0 Å². The zero-order valence-electron chi connectivity index (χ0n) is 20.0. The SMILES string of the molecule is C=CCOCO[C@@H]1C[C@H](n2cc(/C=C/CNC)c(N)nc2=O)O[C@@H]1COP(=O)(O)OP(=O)(O)OP(=O)(O)O. The largest absolute Gasteiger partial charge is 0.490 e. The van der Waals surface area contributed by atoms with Crippen LogP contribution in [0.1, 0.15) is 18.2 Å². The predicted molar refractivity (Wildman–Crippen MR) is 130 cm³/mol. The van der Waals surface area contributed by atoms with E-state index in [2.05, 4.69) is 30.0 Å². The van der Waals surface area contributed by atoms with Gasteiger partial charge in [-0.3, -0.25) is 9.09 Å². The molecular weight excluding hydrogens is 577 g/mol. The Balaban J connectivity index is 2.20. The smallest absolute Gasteiger partial charge is 0.383 e. The van der Waals surface area contributed by atoms with Crippen LogP contribution in [0.4, 0.5) is 5.82 Å². The molecule has 1 saturated heterocycles. The molecule has 1 aromatic rings. The number of nitrogens with one attached hydrogen (secondary N) is 1. The molecule has 38 heavy (non-hydrogen) atoms. The first-order chi connectivity index (χ1) is 17.7. The molecule has 0 amide bonds. The molecule has 2 unspecified atom stereocenters. The van der Waals surface area contributed by atoms with Crippen LogP contribution in [0.25, 0.3) is 6.08 Å². The minimum atomic E-state index is -5.71. The predicted octanol–water partition coefficient (Wildman–Crippen LogP) is 0.234. The normalized spacial score (nSPS) is 23.3. The number of nitrogens with two attached hydrogens (primary N) is 1. The molecule has 18 nitrogen and oxygen atoms in total. The topological polar surface area (TPSA) is 260 Å². The Bertz CT molecular complexity index is 1190. The molecule has 216 valence electrons. The summed E-state index contributed by atoms with van der Waals surface area (Å²) in [5, 5.41) is 2.91. The van der Waals surface area contributed by atoms with E-state index >= 15 is 0 Å². The lowest BCUT2D eigenvalue weighted by atomic mass is 10.2. The highest BCUT2D eigenvalue weighted by atomic mass is 31.3. The highest BCUT2D eigenvalue weighted by Crippen LogP contribution is 2.66. The standard InChI is InChI=1S/C17H29N4O14P3/c1-3-7-30-11-31-13-8-15(21-9-12(5-4-6-19-2)16(18)20-17(21)22)33-14(13)10-32-37(26,27)35-38(28,29)34-36(23,24)25/h3-5,9,13-15,19H,1,6-8,10-11H2,2H3,(H,26,27)(H,28,29)(H2,18,20,22)(H2,23,24,25)/b5-4+/t13-,14-,15-/m1/s1. The van der Waals surface area contributed by atoms with Gasteiger partial charge in [0.2, 0.25) is 0 Å². The van der Waals surface area contributed by atoms with Gasteiger partial charge >= 0.3 is 29.2 Å². The average molecular weight is 606 g/mol. The highest BCUT2D eigenvalue weighted by Gasteiger charge is 2.43. The molecule has 1 aliphatic rings. The Labute approximate surface area is 216 Å². The lowest BCUT2D eigenvalue weighted by molar-refractivity contribution is -0.113. The summed E-state index contributed by atoms with van der Waals surface area (Å²) in [5.41, 5.74) is 5.48. The second kappa shape index (κ2) is 14.2. The Kier molecular flexibility index (Phi) is 12.2. The number of phosphoric ester groups is 1. The van der Waals surface area contributed by atoms with Gasteiger partial charge < -0.3 is 44.8 Å². The lowest BCUT2D eigenvalue weighted by Gasteiger charge is -2.21. The van der Waals surface area contributed by atoms with Gasteiger partial charge in [0.05, 0.1) is 19.3 Å². The maximum atomic E-state index is 12.5. The van der Waals surface area contributed by atoms with Gasteiger partial charge in [-0.05, 0) is 7.05 Å². The van der Waals surface area contributed by atoms with Gasteiger partial charge in [-0.15, -0.1) is 6.58 Å². The van der Waals surface area contributed by atoms with E-state index in [0.29, 0.717) is 12.1 Å². The van der Waals surface area contributed by atoms with Crippen LogP contribution in [-0.4, -0.2) is 74.9 Å². The van der Waals surface area contributed by atoms with Crippen LogP contribution in [0.2, 0.25) is 0 Å². The third-order valence-electron chi connectivity index (χ3n) is 4.54. The lowest BCUT2D eigenvalue weighted by Crippen LogP contribution is -2.30. The number of phosphoric acid groups is 3. The maximum absolute atomic E-state index is 12.5. The Morgan fingerprint density at radius 1 is 1.26 bits per heavy atom. The summed E-state index contributed by atoms with van der Waals surface area (Å²) in [4.78, 5) is 52.6. The van der Waals surface area contributed by atoms with Crippen molar-refractivity contribution in [1.29, 1.82) is 0 Å². The van der Waals surface area contributed by atoms with Crippen LogP contribution in [-0.2, 0) is 41.1 Å². The second-order valence-corrected chi connectivity index (χ2v) is 11.9. The van der Waals surface area contributed by atoms with E-state index in [1.807, 2.05) is 0 Å². The molecule has 0 spiro atoms. The maximum Gasteiger partial charge on any atom is 0.490 e. The summed E-state index contributed by atoms with van der Waals surface area (Å²) in [7, 11) is -14.9. The molecule has 7 N–H and O–H groups in total. The minimum Gasteiger partial charge on any atom is -0.383 e. The van der Waals surface area contributed by atoms with Crippen molar-refractivity contribution < 1.29 is 60.6 Å². The number of aromatic nitrogens is 2. The quantitative estimate of drug-likeness (QED) is 0.0637. The summed E-state index contributed by atoms with van der Waals surface area (Å²) < 4.78 is 64.1. The molecule has 0 bridgehead atoms. The third kappa shape index (κ3) is 10.9. The number of ether oxygens (including phenoxy) is 3. The molecule has 0 saturated carbocycles. The molecule has 2 heterocycles. The van der Waals surface area contributed by atoms with Crippen LogP contribution in [0, 0.1) is 0 Å². The van der Waals surface area contributed by atoms with Crippen LogP contribution in [0.3, 0.4) is 0 Å². The van der Waals surface area contributed by atoms with Crippen LogP contribution < -0.4 is 16.7 Å². The van der Waals surface area contributed by atoms with Crippen molar-refractivity contribution >= 4 is 35.4 Å². The van der Waals surface area contributed by atoms with Gasteiger partial charge in [-0.1, -0.05) is 18.2 Å². The van der Waals surface area contributed by atoms with Crippen molar-refractivity contribution in [1.82, 2.24) is 14.9 Å². The Morgan fingerprint density at radius 2 is 1.97 bits per heavy atom. The van der Waals surface area contributed by atoms with E-state index in [1.54, 1.807) is 19.2 Å². The Hall–Kier alpha value is -1.59. The van der Waals surface area contributed by atoms with Crippen LogP contribution in [0.15, 0.2) is 29.7 Å². The van der Waals surface area contributed by atoms with E-state index < -0.39 is 54.2 Å². The summed E-state index contributed by atoms with van der Waals surface area (Å²) >= 11 is 0. The monoisotopic (exact) mass is 606 g/mol. The zero-order chi connectivity index (χ0) is 28.6. The molecule has 1 aromatic heterocycles. The first kappa shape index (κ1) is 32.6. The Morgan fingerprint density at radius 3 is 2.61 bits per heavy atom. The van der Waals surface area contributed by atoms with Gasteiger partial charge in [-0.2, -0.15) is 13.6 Å². The fraction of sp³-hybridized carbons (Fsp3) is 0.529. The van der Waals surface area contributed by atoms with Crippen molar-refractivity contribution in [2.45, 2.75) is 24.9 Å². The molecule has 5 atom stereocenters. The zero-order valence-corrected chi connectivity index (χ0v) is 22.7. The van der Waals surface area contributed by atoms with E-state index in [-0.39, 0.29) is 25.6 Å². The third-order valence-corrected chi connectivity index (χ3v) is 8.34. The number of nitrogens with zero attached hydrogens (tertiary/aromatic N) is 2. The van der Waals surface area contributed by atoms with E-state index in [1.165, 1.54) is 12.3 Å². The molecule has 1 fully saturated rings. The summed E-state index contributed by atoms with van der Waals surface area (Å²) in [6.45, 7) is 3.10. The number of hydrogen-bond acceptors (Lipinski definition) is 13. The molecule has 21 heteroatoms. The molecule has 0 aromatic carbocycles. The van der Waals surface area contributed by atoms with Crippen LogP contribution >= 0.6 is 23.5 Å². The highest BCUT2D eigenvalue weighted by molar-refractivity contribution is 7.66. The number of anilines is 1. The fourth-order valence-electron chi connectivity index (χ4n) is 3.07. The van der Waals surface area contributed by atoms with Gasteiger partial charge in [-0.25, -0.2) is 18.5 Å². The second-order valence-electron chi connectivity index (χ2n) is 7.47. The van der Waals surface area contributed by atoms with Gasteiger partial charge in [0.1, 0.15) is 24.9 Å².